The molecule has 2 aromatic rings. The summed E-state index contributed by atoms with van der Waals surface area (Å²) in [5.41, 5.74) is 7.57. The van der Waals surface area contributed by atoms with Gasteiger partial charge in [0.2, 0.25) is 0 Å². The number of rotatable bonds is 6. The summed E-state index contributed by atoms with van der Waals surface area (Å²) in [6.07, 6.45) is 7.35. The zero-order valence-electron chi connectivity index (χ0n) is 23.9. The molecular weight excluding hydrogens is 506 g/mol. The molecule has 4 rings (SSSR count). The van der Waals surface area contributed by atoms with Gasteiger partial charge >= 0.3 is 21.7 Å². The second-order valence-electron chi connectivity index (χ2n) is 8.84. The standard InChI is InChI=1S/2C11H16N.2C4H8O.2FH.Ti/c2*1-4-8-12-11-7-5-6-9(2)10(11)3;2*1-2-4-5-3-1;;;/h2*5-7H,4,8H2,1-3H3;2*1-4H2;2*1H;/q2*-1;;;;;+4/p-2. The zero-order chi connectivity index (χ0) is 25.0. The van der Waals surface area contributed by atoms with Crippen LogP contribution >= 0.6 is 0 Å². The number of hydrogen-bond donors (Lipinski definition) is 0. The third-order valence-electron chi connectivity index (χ3n) is 5.82. The first-order valence-electron chi connectivity index (χ1n) is 13.1. The van der Waals surface area contributed by atoms with E-state index in [1.807, 2.05) is 0 Å². The SMILES string of the molecule is C1CCOC1.C1CCOC1.CCC[N-]c1cccc(C)c1C.CCC[N-]c1cccc(C)c1C.[F-].[F-].[Ti+4]. The molecule has 0 N–H and O–H groups in total. The number of benzene rings is 2. The average Bonchev–Trinajstić information content (AvgIpc) is 3.61. The van der Waals surface area contributed by atoms with Crippen LogP contribution in [0.5, 0.6) is 0 Å². The van der Waals surface area contributed by atoms with Crippen LogP contribution in [0, 0.1) is 27.7 Å². The maximum atomic E-state index is 4.94. The Morgan fingerprint density at radius 3 is 1.16 bits per heavy atom. The van der Waals surface area contributed by atoms with E-state index in [4.69, 9.17) is 9.47 Å². The van der Waals surface area contributed by atoms with Crippen LogP contribution in [-0.4, -0.2) is 39.5 Å². The van der Waals surface area contributed by atoms with Crippen LogP contribution in [0.2, 0.25) is 0 Å². The van der Waals surface area contributed by atoms with Crippen molar-refractivity contribution in [2.75, 3.05) is 39.5 Å². The molecule has 0 aromatic heterocycles. The second kappa shape index (κ2) is 26.2. The van der Waals surface area contributed by atoms with E-state index < -0.39 is 0 Å². The maximum Gasteiger partial charge on any atom is 4.00 e. The molecule has 208 valence electrons. The van der Waals surface area contributed by atoms with Crippen LogP contribution in [0.1, 0.15) is 74.6 Å². The fourth-order valence-electron chi connectivity index (χ4n) is 3.30. The monoisotopic (exact) mass is 554 g/mol. The van der Waals surface area contributed by atoms with Crippen LogP contribution in [0.3, 0.4) is 0 Å². The third-order valence-corrected chi connectivity index (χ3v) is 5.82. The first kappa shape index (κ1) is 40.0. The van der Waals surface area contributed by atoms with Crippen molar-refractivity contribution < 1.29 is 40.6 Å². The van der Waals surface area contributed by atoms with E-state index in [0.29, 0.717) is 0 Å². The van der Waals surface area contributed by atoms with Gasteiger partial charge in [0.25, 0.3) is 0 Å². The van der Waals surface area contributed by atoms with E-state index >= 15 is 0 Å². The van der Waals surface area contributed by atoms with Crippen molar-refractivity contribution in [3.8, 4) is 0 Å². The van der Waals surface area contributed by atoms with Crippen molar-refractivity contribution in [1.29, 1.82) is 0 Å². The van der Waals surface area contributed by atoms with Gasteiger partial charge in [-0.25, -0.2) is 0 Å². The molecule has 2 aliphatic heterocycles. The maximum absolute atomic E-state index is 4.94. The minimum Gasteiger partial charge on any atom is -1.00 e. The molecule has 0 aliphatic carbocycles. The van der Waals surface area contributed by atoms with Gasteiger partial charge in [0.05, 0.1) is 0 Å². The summed E-state index contributed by atoms with van der Waals surface area (Å²) in [6.45, 7) is 18.7. The Balaban J connectivity index is -0.000000433. The zero-order valence-corrected chi connectivity index (χ0v) is 25.5. The average molecular weight is 555 g/mol. The van der Waals surface area contributed by atoms with E-state index in [9.17, 15) is 0 Å². The molecule has 0 unspecified atom stereocenters. The van der Waals surface area contributed by atoms with E-state index in [1.54, 1.807) is 0 Å². The molecule has 2 fully saturated rings. The van der Waals surface area contributed by atoms with Crippen LogP contribution in [0.4, 0.5) is 11.4 Å². The summed E-state index contributed by atoms with van der Waals surface area (Å²) in [4.78, 5) is 0. The summed E-state index contributed by atoms with van der Waals surface area (Å²) in [7, 11) is 0. The fraction of sp³-hybridized carbons (Fsp3) is 0.600. The minimum atomic E-state index is 0. The normalized spacial score (nSPS) is 12.9. The summed E-state index contributed by atoms with van der Waals surface area (Å²) in [6, 6.07) is 12.5. The van der Waals surface area contributed by atoms with E-state index in [1.165, 1.54) is 47.9 Å². The largest absolute Gasteiger partial charge is 4.00 e. The summed E-state index contributed by atoms with van der Waals surface area (Å²) < 4.78 is 9.89. The molecule has 2 saturated heterocycles. The Morgan fingerprint density at radius 1 is 0.595 bits per heavy atom. The predicted molar refractivity (Wildman–Crippen MR) is 148 cm³/mol. The molecule has 2 heterocycles. The molecule has 0 saturated carbocycles. The molecule has 2 aromatic carbocycles. The summed E-state index contributed by atoms with van der Waals surface area (Å²) in [5.74, 6) is 0. The molecule has 0 atom stereocenters. The van der Waals surface area contributed by atoms with Crippen LogP contribution in [0.25, 0.3) is 10.6 Å². The molecule has 7 heteroatoms. The van der Waals surface area contributed by atoms with Gasteiger partial charge in [-0.05, 0) is 64.5 Å². The summed E-state index contributed by atoms with van der Waals surface area (Å²) in [5, 5.41) is 8.97. The Bertz CT molecular complexity index is 705. The van der Waals surface area contributed by atoms with E-state index in [-0.39, 0.29) is 31.1 Å². The molecule has 0 radical (unpaired) electrons. The van der Waals surface area contributed by atoms with Crippen molar-refractivity contribution in [3.05, 3.63) is 69.3 Å². The van der Waals surface area contributed by atoms with Crippen molar-refractivity contribution in [3.63, 3.8) is 0 Å². The van der Waals surface area contributed by atoms with Gasteiger partial charge in [0.1, 0.15) is 0 Å². The van der Waals surface area contributed by atoms with Crippen molar-refractivity contribution in [2.45, 2.75) is 80.1 Å². The van der Waals surface area contributed by atoms with Crippen LogP contribution < -0.4 is 9.41 Å². The Hall–Kier alpha value is -1.47. The third kappa shape index (κ3) is 18.4. The van der Waals surface area contributed by atoms with Crippen LogP contribution in [0.15, 0.2) is 36.4 Å². The molecular formula is C30H48F2N2O2Ti. The number of hydrogen-bond acceptors (Lipinski definition) is 2. The smallest absolute Gasteiger partial charge is 1.00 e. The van der Waals surface area contributed by atoms with Gasteiger partial charge in [0.15, 0.2) is 0 Å². The van der Waals surface area contributed by atoms with Crippen molar-refractivity contribution in [2.24, 2.45) is 0 Å². The molecule has 4 nitrogen and oxygen atoms in total. The van der Waals surface area contributed by atoms with E-state index in [2.05, 4.69) is 88.6 Å². The number of aryl methyl sites for hydroxylation is 2. The van der Waals surface area contributed by atoms with Crippen molar-refractivity contribution >= 4 is 11.4 Å². The fourth-order valence-corrected chi connectivity index (χ4v) is 3.30. The molecule has 37 heavy (non-hydrogen) atoms. The van der Waals surface area contributed by atoms with Gasteiger partial charge in [0, 0.05) is 26.4 Å². The second-order valence-corrected chi connectivity index (χ2v) is 8.84. The van der Waals surface area contributed by atoms with Gasteiger partial charge in [-0.3, -0.25) is 0 Å². The van der Waals surface area contributed by atoms with Gasteiger partial charge in [-0.2, -0.15) is 0 Å². The summed E-state index contributed by atoms with van der Waals surface area (Å²) >= 11 is 0. The number of nitrogens with zero attached hydrogens (tertiary/aromatic N) is 2. The molecule has 0 bridgehead atoms. The number of ether oxygens (including phenoxy) is 2. The first-order chi connectivity index (χ1) is 16.5. The topological polar surface area (TPSA) is 46.7 Å². The molecule has 0 amide bonds. The first-order valence-corrected chi connectivity index (χ1v) is 13.1. The molecule has 2 aliphatic rings. The number of halogens is 2. The molecule has 0 spiro atoms. The van der Waals surface area contributed by atoms with Gasteiger partial charge in [-0.1, -0.05) is 74.2 Å². The Kier molecular flexibility index (Phi) is 28.3. The Morgan fingerprint density at radius 2 is 0.919 bits per heavy atom. The van der Waals surface area contributed by atoms with Gasteiger partial charge in [-0.15, -0.1) is 24.5 Å². The van der Waals surface area contributed by atoms with Crippen molar-refractivity contribution in [1.82, 2.24) is 0 Å². The Labute approximate surface area is 240 Å². The predicted octanol–water partition coefficient (Wildman–Crippen LogP) is 3.04. The quantitative estimate of drug-likeness (QED) is 0.516. The van der Waals surface area contributed by atoms with Gasteiger partial charge < -0.3 is 29.5 Å². The van der Waals surface area contributed by atoms with E-state index in [0.717, 1.165) is 63.7 Å². The minimum absolute atomic E-state index is 0. The van der Waals surface area contributed by atoms with Crippen LogP contribution in [-0.2, 0) is 31.2 Å².